The molecule has 5 heterocycles. The molecule has 1 amide bonds. The van der Waals surface area contributed by atoms with Crippen molar-refractivity contribution >= 4 is 34.3 Å². The summed E-state index contributed by atoms with van der Waals surface area (Å²) in [7, 11) is 1.88. The van der Waals surface area contributed by atoms with E-state index in [1.165, 1.54) is 6.07 Å². The van der Waals surface area contributed by atoms with Crippen LogP contribution in [0, 0.1) is 19.7 Å². The molecule has 0 bridgehead atoms. The molecule has 0 fully saturated rings. The van der Waals surface area contributed by atoms with Crippen LogP contribution in [-0.4, -0.2) is 35.6 Å². The molecule has 0 spiro atoms. The van der Waals surface area contributed by atoms with Crippen LogP contribution in [0.25, 0.3) is 33.3 Å². The van der Waals surface area contributed by atoms with E-state index in [4.69, 9.17) is 4.98 Å². The monoisotopic (exact) mass is 544 g/mol. The number of para-hydroxylation sites is 1. The standard InChI is InChI=1S/C31H25FN8O/c1-17-14-35-31(36-26-13-18(2)39(3)38-26)37-28(17)22-15-34-29-21(22)5-4-6-25(29)40-16-23-20(19-9-11-33-12-10-19)7-8-24(32)27(23)30(40)41/h4-15,34H,16H2,1-3H3,(H,35,36,37,38). The van der Waals surface area contributed by atoms with Crippen LogP contribution in [0.3, 0.4) is 0 Å². The average Bonchev–Trinajstić information content (AvgIpc) is 3.65. The summed E-state index contributed by atoms with van der Waals surface area (Å²) >= 11 is 0. The molecule has 2 aromatic carbocycles. The van der Waals surface area contributed by atoms with Gasteiger partial charge in [-0.15, -0.1) is 0 Å². The first-order valence-electron chi connectivity index (χ1n) is 13.1. The average molecular weight is 545 g/mol. The predicted octanol–water partition coefficient (Wildman–Crippen LogP) is 6.08. The molecule has 202 valence electrons. The highest BCUT2D eigenvalue weighted by Gasteiger charge is 2.35. The number of carbonyl (C=O) groups excluding carboxylic acids is 1. The number of nitrogens with one attached hydrogen (secondary N) is 2. The van der Waals surface area contributed by atoms with Crippen molar-refractivity contribution in [3.63, 3.8) is 0 Å². The first-order valence-corrected chi connectivity index (χ1v) is 13.1. The highest BCUT2D eigenvalue weighted by atomic mass is 19.1. The Bertz CT molecular complexity index is 1960. The fourth-order valence-electron chi connectivity index (χ4n) is 5.45. The number of aromatic nitrogens is 6. The normalized spacial score (nSPS) is 12.8. The molecule has 1 aliphatic heterocycles. The lowest BCUT2D eigenvalue weighted by molar-refractivity contribution is 0.0993. The number of aromatic amines is 1. The number of hydrogen-bond acceptors (Lipinski definition) is 6. The molecule has 2 N–H and O–H groups in total. The van der Waals surface area contributed by atoms with Crippen molar-refractivity contribution in [2.75, 3.05) is 10.2 Å². The van der Waals surface area contributed by atoms with Gasteiger partial charge in [-0.05, 0) is 60.4 Å². The smallest absolute Gasteiger partial charge is 0.262 e. The van der Waals surface area contributed by atoms with Gasteiger partial charge in [-0.2, -0.15) is 5.10 Å². The summed E-state index contributed by atoms with van der Waals surface area (Å²) in [6.07, 6.45) is 7.03. The Kier molecular flexibility index (Phi) is 5.63. The third-order valence-electron chi connectivity index (χ3n) is 7.59. The number of aryl methyl sites for hydroxylation is 3. The highest BCUT2D eigenvalue weighted by Crippen LogP contribution is 2.40. The molecule has 0 saturated heterocycles. The van der Waals surface area contributed by atoms with Gasteiger partial charge in [-0.3, -0.25) is 14.5 Å². The van der Waals surface area contributed by atoms with Crippen LogP contribution in [-0.2, 0) is 13.6 Å². The third kappa shape index (κ3) is 4.03. The van der Waals surface area contributed by atoms with Crippen molar-refractivity contribution in [1.29, 1.82) is 0 Å². The lowest BCUT2D eigenvalue weighted by atomic mass is 9.97. The molecule has 0 saturated carbocycles. The topological polar surface area (TPSA) is 105 Å². The van der Waals surface area contributed by atoms with Gasteiger partial charge in [0.25, 0.3) is 5.91 Å². The molecule has 1 aliphatic rings. The van der Waals surface area contributed by atoms with Gasteiger partial charge in [0, 0.05) is 54.5 Å². The van der Waals surface area contributed by atoms with Crippen molar-refractivity contribution < 1.29 is 9.18 Å². The molecule has 6 aromatic rings. The van der Waals surface area contributed by atoms with Crippen LogP contribution < -0.4 is 10.2 Å². The number of halogens is 1. The van der Waals surface area contributed by atoms with Crippen molar-refractivity contribution in [2.45, 2.75) is 20.4 Å². The van der Waals surface area contributed by atoms with E-state index in [9.17, 15) is 4.79 Å². The minimum absolute atomic E-state index is 0.107. The summed E-state index contributed by atoms with van der Waals surface area (Å²) in [6, 6.07) is 14.5. The number of nitrogens with zero attached hydrogens (tertiary/aromatic N) is 6. The largest absolute Gasteiger partial charge is 0.359 e. The van der Waals surface area contributed by atoms with E-state index < -0.39 is 5.82 Å². The summed E-state index contributed by atoms with van der Waals surface area (Å²) in [5, 5.41) is 8.51. The number of amides is 1. The van der Waals surface area contributed by atoms with E-state index in [0.717, 1.165) is 44.5 Å². The lowest BCUT2D eigenvalue weighted by Crippen LogP contribution is -2.23. The quantitative estimate of drug-likeness (QED) is 0.273. The molecular formula is C31H25FN8O. The minimum Gasteiger partial charge on any atom is -0.359 e. The van der Waals surface area contributed by atoms with Crippen LogP contribution in [0.2, 0.25) is 0 Å². The van der Waals surface area contributed by atoms with Gasteiger partial charge < -0.3 is 15.2 Å². The maximum absolute atomic E-state index is 15.0. The zero-order chi connectivity index (χ0) is 28.2. The summed E-state index contributed by atoms with van der Waals surface area (Å²) in [5.74, 6) is 0.196. The van der Waals surface area contributed by atoms with Gasteiger partial charge in [-0.25, -0.2) is 14.4 Å². The number of carbonyl (C=O) groups is 1. The van der Waals surface area contributed by atoms with Crippen LogP contribution >= 0.6 is 0 Å². The fourth-order valence-corrected chi connectivity index (χ4v) is 5.45. The molecule has 7 rings (SSSR count). The molecular weight excluding hydrogens is 519 g/mol. The van der Waals surface area contributed by atoms with Gasteiger partial charge in [0.05, 0.1) is 29.0 Å². The predicted molar refractivity (Wildman–Crippen MR) is 155 cm³/mol. The van der Waals surface area contributed by atoms with Crippen molar-refractivity contribution in [3.05, 3.63) is 102 Å². The van der Waals surface area contributed by atoms with Gasteiger partial charge in [0.15, 0.2) is 5.82 Å². The number of pyridine rings is 1. The SMILES string of the molecule is Cc1cnc(Nc2cc(C)n(C)n2)nc1-c1c[nH]c2c(N3Cc4c(-c5ccncc5)ccc(F)c4C3=O)cccc12. The number of rotatable bonds is 5. The van der Waals surface area contributed by atoms with Crippen LogP contribution in [0.5, 0.6) is 0 Å². The van der Waals surface area contributed by atoms with Crippen LogP contribution in [0.15, 0.2) is 73.3 Å². The summed E-state index contributed by atoms with van der Waals surface area (Å²) in [4.78, 5) is 32.0. The number of H-pyrrole nitrogens is 1. The zero-order valence-corrected chi connectivity index (χ0v) is 22.6. The molecule has 0 radical (unpaired) electrons. The fraction of sp³-hybridized carbons (Fsp3) is 0.129. The van der Waals surface area contributed by atoms with Crippen molar-refractivity contribution in [1.82, 2.24) is 29.7 Å². The van der Waals surface area contributed by atoms with E-state index in [0.29, 0.717) is 23.0 Å². The number of anilines is 3. The Balaban J connectivity index is 1.28. The van der Waals surface area contributed by atoms with E-state index in [2.05, 4.69) is 25.4 Å². The van der Waals surface area contributed by atoms with E-state index in [-0.39, 0.29) is 18.0 Å². The summed E-state index contributed by atoms with van der Waals surface area (Å²) in [6.45, 7) is 4.18. The molecule has 10 heteroatoms. The van der Waals surface area contributed by atoms with Gasteiger partial charge in [0.1, 0.15) is 5.82 Å². The maximum Gasteiger partial charge on any atom is 0.262 e. The van der Waals surface area contributed by atoms with Gasteiger partial charge >= 0.3 is 0 Å². The van der Waals surface area contributed by atoms with E-state index >= 15 is 4.39 Å². The Morgan fingerprint density at radius 1 is 1.05 bits per heavy atom. The van der Waals surface area contributed by atoms with Gasteiger partial charge in [-0.1, -0.05) is 18.2 Å². The van der Waals surface area contributed by atoms with Crippen molar-refractivity contribution in [3.8, 4) is 22.4 Å². The number of fused-ring (bicyclic) bond motifs is 2. The first kappa shape index (κ1) is 24.6. The summed E-state index contributed by atoms with van der Waals surface area (Å²) in [5.41, 5.74) is 7.44. The first-order chi connectivity index (χ1) is 19.9. The summed E-state index contributed by atoms with van der Waals surface area (Å²) < 4.78 is 16.8. The second-order valence-electron chi connectivity index (χ2n) is 10.1. The number of benzene rings is 2. The third-order valence-corrected chi connectivity index (χ3v) is 7.59. The van der Waals surface area contributed by atoms with E-state index in [1.54, 1.807) is 34.2 Å². The Morgan fingerprint density at radius 3 is 2.66 bits per heavy atom. The second kappa shape index (κ2) is 9.37. The molecule has 9 nitrogen and oxygen atoms in total. The molecule has 41 heavy (non-hydrogen) atoms. The Morgan fingerprint density at radius 2 is 1.88 bits per heavy atom. The van der Waals surface area contributed by atoms with E-state index in [1.807, 2.05) is 63.5 Å². The van der Waals surface area contributed by atoms with Crippen LogP contribution in [0.4, 0.5) is 21.8 Å². The maximum atomic E-state index is 15.0. The molecule has 0 unspecified atom stereocenters. The highest BCUT2D eigenvalue weighted by molar-refractivity contribution is 6.15. The van der Waals surface area contributed by atoms with Crippen LogP contribution in [0.1, 0.15) is 27.2 Å². The molecule has 0 aliphatic carbocycles. The van der Waals surface area contributed by atoms with Gasteiger partial charge in [0.2, 0.25) is 5.95 Å². The second-order valence-corrected chi connectivity index (χ2v) is 10.1. The van der Waals surface area contributed by atoms with Crippen molar-refractivity contribution in [2.24, 2.45) is 7.05 Å². The number of hydrogen-bond donors (Lipinski definition) is 2. The Labute approximate surface area is 234 Å². The Hall–Kier alpha value is -5.38. The molecule has 4 aromatic heterocycles. The molecule has 0 atom stereocenters. The zero-order valence-electron chi connectivity index (χ0n) is 22.6. The lowest BCUT2D eigenvalue weighted by Gasteiger charge is -2.17. The minimum atomic E-state index is -0.524.